The normalized spacial score (nSPS) is 13.7. The number of hydrogen-bond donors (Lipinski definition) is 0. The first kappa shape index (κ1) is 21.9. The molecular formula is C18H38O2Si2. The highest BCUT2D eigenvalue weighted by Gasteiger charge is 2.37. The summed E-state index contributed by atoms with van der Waals surface area (Å²) in [7, 11) is -3.23. The number of rotatable bonds is 6. The molecule has 130 valence electrons. The summed E-state index contributed by atoms with van der Waals surface area (Å²) in [5.41, 5.74) is 0. The predicted molar refractivity (Wildman–Crippen MR) is 103 cm³/mol. The van der Waals surface area contributed by atoms with Gasteiger partial charge < -0.3 is 8.85 Å². The van der Waals surface area contributed by atoms with Crippen LogP contribution in [0.5, 0.6) is 0 Å². The van der Waals surface area contributed by atoms with E-state index in [1.54, 1.807) is 0 Å². The minimum Gasteiger partial charge on any atom is -0.416 e. The molecule has 0 fully saturated rings. The highest BCUT2D eigenvalue weighted by Crippen LogP contribution is 2.37. The van der Waals surface area contributed by atoms with Gasteiger partial charge in [0.05, 0.1) is 0 Å². The first-order valence-corrected chi connectivity index (χ1v) is 14.3. The largest absolute Gasteiger partial charge is 0.416 e. The maximum absolute atomic E-state index is 6.11. The molecule has 0 aromatic heterocycles. The zero-order chi connectivity index (χ0) is 17.7. The third-order valence-corrected chi connectivity index (χ3v) is 14.2. The van der Waals surface area contributed by atoms with Crippen LogP contribution in [0.25, 0.3) is 0 Å². The Balaban J connectivity index is 3.98. The summed E-state index contributed by atoms with van der Waals surface area (Å²) in [4.78, 5) is 0. The van der Waals surface area contributed by atoms with Crippen molar-refractivity contribution in [3.8, 4) is 11.8 Å². The first-order valence-electron chi connectivity index (χ1n) is 8.44. The lowest BCUT2D eigenvalue weighted by molar-refractivity contribution is 0.294. The fourth-order valence-corrected chi connectivity index (χ4v) is 3.41. The summed E-state index contributed by atoms with van der Waals surface area (Å²) < 4.78 is 12.2. The van der Waals surface area contributed by atoms with E-state index in [0.29, 0.717) is 0 Å². The summed E-state index contributed by atoms with van der Waals surface area (Å²) in [6.45, 7) is 24.3. The van der Waals surface area contributed by atoms with Crippen molar-refractivity contribution >= 4 is 16.6 Å². The van der Waals surface area contributed by atoms with E-state index < -0.39 is 16.6 Å². The average Bonchev–Trinajstić information content (AvgIpc) is 2.29. The molecule has 0 aliphatic heterocycles. The summed E-state index contributed by atoms with van der Waals surface area (Å²) in [5.74, 6) is 6.43. The zero-order valence-electron chi connectivity index (χ0n) is 16.6. The molecule has 4 heteroatoms. The lowest BCUT2D eigenvalue weighted by Gasteiger charge is -2.36. The van der Waals surface area contributed by atoms with Crippen LogP contribution in [0.15, 0.2) is 0 Å². The van der Waals surface area contributed by atoms with Crippen molar-refractivity contribution < 1.29 is 8.85 Å². The van der Waals surface area contributed by atoms with Crippen molar-refractivity contribution in [3.63, 3.8) is 0 Å². The van der Waals surface area contributed by atoms with Crippen LogP contribution in [-0.2, 0) is 8.85 Å². The minimum absolute atomic E-state index is 0.275. The summed E-state index contributed by atoms with van der Waals surface area (Å²) in [6, 6.07) is 0. The highest BCUT2D eigenvalue weighted by atomic mass is 28.4. The Labute approximate surface area is 141 Å². The zero-order valence-corrected chi connectivity index (χ0v) is 18.6. The van der Waals surface area contributed by atoms with Crippen molar-refractivity contribution in [2.45, 2.75) is 90.6 Å². The van der Waals surface area contributed by atoms with Crippen molar-refractivity contribution in [2.75, 3.05) is 13.2 Å². The van der Waals surface area contributed by atoms with E-state index in [9.17, 15) is 0 Å². The Morgan fingerprint density at radius 2 is 0.909 bits per heavy atom. The molecular weight excluding hydrogens is 304 g/mol. The van der Waals surface area contributed by atoms with E-state index in [1.165, 1.54) is 0 Å². The second-order valence-corrected chi connectivity index (χ2v) is 18.7. The van der Waals surface area contributed by atoms with Crippen molar-refractivity contribution in [1.29, 1.82) is 0 Å². The van der Waals surface area contributed by atoms with Crippen LogP contribution >= 0.6 is 0 Å². The molecule has 0 N–H and O–H groups in total. The van der Waals surface area contributed by atoms with Gasteiger partial charge in [-0.15, -0.1) is 11.8 Å². The predicted octanol–water partition coefficient (Wildman–Crippen LogP) is 5.81. The van der Waals surface area contributed by atoms with Gasteiger partial charge in [-0.1, -0.05) is 41.5 Å². The van der Waals surface area contributed by atoms with Crippen LogP contribution in [0.2, 0.25) is 36.3 Å². The summed E-state index contributed by atoms with van der Waals surface area (Å²) >= 11 is 0. The van der Waals surface area contributed by atoms with E-state index in [0.717, 1.165) is 26.1 Å². The molecule has 0 radical (unpaired) electrons. The van der Waals surface area contributed by atoms with Crippen LogP contribution in [0, 0.1) is 11.8 Å². The molecule has 0 aromatic rings. The average molecular weight is 343 g/mol. The standard InChI is InChI=1S/C18H38O2Si2/c1-17(2,3)21(7,8)19-15-13-11-12-14-16-20-22(9,10)18(4,5)6/h13-16H2,1-10H3. The molecule has 0 unspecified atom stereocenters. The lowest BCUT2D eigenvalue weighted by atomic mass is 10.2. The summed E-state index contributed by atoms with van der Waals surface area (Å²) in [5, 5.41) is 0.550. The minimum atomic E-state index is -1.61. The van der Waals surface area contributed by atoms with E-state index in [1.807, 2.05) is 0 Å². The Hall–Kier alpha value is -0.0862. The monoisotopic (exact) mass is 342 g/mol. The Morgan fingerprint density at radius 1 is 0.636 bits per heavy atom. The Kier molecular flexibility index (Phi) is 8.11. The van der Waals surface area contributed by atoms with Gasteiger partial charge in [0.1, 0.15) is 0 Å². The van der Waals surface area contributed by atoms with Gasteiger partial charge in [-0.2, -0.15) is 0 Å². The SMILES string of the molecule is CC(C)(C)[Si](C)(C)OCCC#CCCO[Si](C)(C)C(C)(C)C. The molecule has 22 heavy (non-hydrogen) atoms. The molecule has 0 rings (SSSR count). The molecule has 2 nitrogen and oxygen atoms in total. The molecule has 0 aliphatic rings. The van der Waals surface area contributed by atoms with Gasteiger partial charge in [-0.05, 0) is 36.3 Å². The van der Waals surface area contributed by atoms with Crippen LogP contribution in [0.4, 0.5) is 0 Å². The van der Waals surface area contributed by atoms with Gasteiger partial charge in [0.2, 0.25) is 0 Å². The third-order valence-electron chi connectivity index (χ3n) is 5.12. The van der Waals surface area contributed by atoms with Gasteiger partial charge in [-0.25, -0.2) is 0 Å². The Morgan fingerprint density at radius 3 is 1.14 bits per heavy atom. The quantitative estimate of drug-likeness (QED) is 0.344. The van der Waals surface area contributed by atoms with Crippen LogP contribution in [0.3, 0.4) is 0 Å². The molecule has 0 aliphatic carbocycles. The van der Waals surface area contributed by atoms with E-state index in [-0.39, 0.29) is 10.1 Å². The molecule has 0 bridgehead atoms. The molecule has 0 saturated carbocycles. The maximum Gasteiger partial charge on any atom is 0.192 e. The molecule has 0 aromatic carbocycles. The van der Waals surface area contributed by atoms with Crippen molar-refractivity contribution in [3.05, 3.63) is 0 Å². The van der Waals surface area contributed by atoms with E-state index >= 15 is 0 Å². The van der Waals surface area contributed by atoms with Gasteiger partial charge in [0, 0.05) is 26.1 Å². The van der Waals surface area contributed by atoms with Crippen LogP contribution in [-0.4, -0.2) is 29.8 Å². The molecule has 0 heterocycles. The van der Waals surface area contributed by atoms with Crippen LogP contribution in [0.1, 0.15) is 54.4 Å². The van der Waals surface area contributed by atoms with E-state index in [4.69, 9.17) is 8.85 Å². The molecule has 0 atom stereocenters. The highest BCUT2D eigenvalue weighted by molar-refractivity contribution is 6.74. The van der Waals surface area contributed by atoms with Gasteiger partial charge in [0.25, 0.3) is 0 Å². The molecule has 0 saturated heterocycles. The lowest BCUT2D eigenvalue weighted by Crippen LogP contribution is -2.41. The van der Waals surface area contributed by atoms with Crippen LogP contribution < -0.4 is 0 Å². The van der Waals surface area contributed by atoms with Gasteiger partial charge in [-0.3, -0.25) is 0 Å². The van der Waals surface area contributed by atoms with Crippen molar-refractivity contribution in [2.24, 2.45) is 0 Å². The third kappa shape index (κ3) is 7.45. The Bertz CT molecular complexity index is 354. The smallest absolute Gasteiger partial charge is 0.192 e. The van der Waals surface area contributed by atoms with Gasteiger partial charge >= 0.3 is 0 Å². The second kappa shape index (κ2) is 8.14. The van der Waals surface area contributed by atoms with Crippen molar-refractivity contribution in [1.82, 2.24) is 0 Å². The maximum atomic E-state index is 6.11. The van der Waals surface area contributed by atoms with Gasteiger partial charge in [0.15, 0.2) is 16.6 Å². The summed E-state index contributed by atoms with van der Waals surface area (Å²) in [6.07, 6.45) is 1.65. The fraction of sp³-hybridized carbons (Fsp3) is 0.889. The number of hydrogen-bond acceptors (Lipinski definition) is 2. The first-order chi connectivity index (χ1) is 9.71. The fourth-order valence-electron chi connectivity index (χ4n) is 1.32. The molecule has 0 amide bonds. The molecule has 0 spiro atoms. The second-order valence-electron chi connectivity index (χ2n) is 9.07. The topological polar surface area (TPSA) is 18.5 Å². The van der Waals surface area contributed by atoms with E-state index in [2.05, 4.69) is 79.6 Å².